The Labute approximate surface area is 274 Å². The molecule has 2 N–H and O–H groups in total. The number of hydrogen-bond acceptors (Lipinski definition) is 8. The number of carbonyl (C=O) groups is 3. The molecule has 1 aliphatic rings. The minimum atomic E-state index is -5.08. The van der Waals surface area contributed by atoms with Gasteiger partial charge < -0.3 is 19.6 Å². The fourth-order valence-corrected chi connectivity index (χ4v) is 6.84. The van der Waals surface area contributed by atoms with E-state index in [0.29, 0.717) is 18.1 Å². The van der Waals surface area contributed by atoms with Crippen molar-refractivity contribution in [2.45, 2.75) is 38.3 Å². The molecule has 1 amide bonds. The zero-order valence-corrected chi connectivity index (χ0v) is 26.5. The number of hydrogen-bond donors (Lipinski definition) is 2. The second kappa shape index (κ2) is 14.3. The normalized spacial score (nSPS) is 13.6. The second-order valence-electron chi connectivity index (χ2n) is 10.7. The van der Waals surface area contributed by atoms with Crippen LogP contribution in [0.3, 0.4) is 0 Å². The van der Waals surface area contributed by atoms with Crippen molar-refractivity contribution < 1.29 is 42.3 Å². The molecule has 0 spiro atoms. The Hall–Kier alpha value is -4.82. The van der Waals surface area contributed by atoms with Crippen LogP contribution < -0.4 is 0 Å². The number of piperidine rings is 1. The van der Waals surface area contributed by atoms with Crippen LogP contribution in [0.4, 0.5) is 13.2 Å². The number of alkyl halides is 3. The van der Waals surface area contributed by atoms with Gasteiger partial charge in [0, 0.05) is 34.8 Å². The molecular weight excluding hydrogens is 656 g/mol. The maximum absolute atomic E-state index is 12.7. The lowest BCUT2D eigenvalue weighted by molar-refractivity contribution is -0.192. The quantitative estimate of drug-likeness (QED) is 0.178. The van der Waals surface area contributed by atoms with Gasteiger partial charge in [-0.2, -0.15) is 13.2 Å². The van der Waals surface area contributed by atoms with Gasteiger partial charge in [0.2, 0.25) is 5.91 Å². The van der Waals surface area contributed by atoms with Crippen molar-refractivity contribution in [2.75, 3.05) is 13.1 Å². The molecule has 2 aromatic carbocycles. The lowest BCUT2D eigenvalue weighted by atomic mass is 9.97. The summed E-state index contributed by atoms with van der Waals surface area (Å²) in [6.07, 6.45) is -2.79. The smallest absolute Gasteiger partial charge is 0.478 e. The van der Waals surface area contributed by atoms with Crippen LogP contribution in [0.25, 0.3) is 33.6 Å². The van der Waals surface area contributed by atoms with Crippen LogP contribution in [-0.2, 0) is 16.0 Å². The molecule has 1 saturated heterocycles. The molecule has 6 rings (SSSR count). The first kappa shape index (κ1) is 33.5. The number of carbonyl (C=O) groups excluding carboxylic acids is 1. The van der Waals surface area contributed by atoms with E-state index < -0.39 is 18.1 Å². The topological polar surface area (TPSA) is 134 Å². The SMILES string of the molecule is Cc1onc(-c2cccc(-c3ccc(C(=O)O)cc3)c2)c1-c1csc(C2CCN(C(=O)Cc3cccs3)CC2)n1.O=C(O)C(F)(F)F. The Bertz CT molecular complexity index is 1860. The molecule has 14 heteroatoms. The number of carboxylic acid groups (broad SMARTS) is 2. The van der Waals surface area contributed by atoms with Gasteiger partial charge >= 0.3 is 18.1 Å². The van der Waals surface area contributed by atoms with Gasteiger partial charge in [0.05, 0.1) is 28.2 Å². The number of rotatable bonds is 7. The molecule has 0 atom stereocenters. The third-order valence-electron chi connectivity index (χ3n) is 7.59. The number of aliphatic carboxylic acids is 1. The third kappa shape index (κ3) is 8.13. The number of thiazole rings is 1. The van der Waals surface area contributed by atoms with Crippen molar-refractivity contribution in [3.8, 4) is 33.6 Å². The Balaban J connectivity index is 0.000000559. The largest absolute Gasteiger partial charge is 0.490 e. The van der Waals surface area contributed by atoms with Crippen LogP contribution in [-0.4, -0.2) is 62.4 Å². The highest BCUT2D eigenvalue weighted by Crippen LogP contribution is 2.39. The molecule has 3 aromatic heterocycles. The first-order valence-electron chi connectivity index (χ1n) is 14.4. The highest BCUT2D eigenvalue weighted by Gasteiger charge is 2.38. The van der Waals surface area contributed by atoms with Gasteiger partial charge in [-0.25, -0.2) is 14.6 Å². The van der Waals surface area contributed by atoms with Crippen molar-refractivity contribution in [1.82, 2.24) is 15.0 Å². The molecule has 244 valence electrons. The molecule has 1 fully saturated rings. The van der Waals surface area contributed by atoms with Gasteiger partial charge in [0.25, 0.3) is 0 Å². The van der Waals surface area contributed by atoms with E-state index in [0.717, 1.165) is 69.5 Å². The van der Waals surface area contributed by atoms with E-state index >= 15 is 0 Å². The van der Waals surface area contributed by atoms with Crippen molar-refractivity contribution in [1.29, 1.82) is 0 Å². The van der Waals surface area contributed by atoms with E-state index in [9.17, 15) is 27.9 Å². The summed E-state index contributed by atoms with van der Waals surface area (Å²) in [6, 6.07) is 18.8. The van der Waals surface area contributed by atoms with Gasteiger partial charge in [-0.15, -0.1) is 22.7 Å². The minimum absolute atomic E-state index is 0.200. The molecule has 4 heterocycles. The predicted octanol–water partition coefficient (Wildman–Crippen LogP) is 7.78. The number of aromatic nitrogens is 2. The zero-order chi connectivity index (χ0) is 33.7. The highest BCUT2D eigenvalue weighted by atomic mass is 32.1. The van der Waals surface area contributed by atoms with Crippen molar-refractivity contribution in [3.63, 3.8) is 0 Å². The molecule has 0 radical (unpaired) electrons. The number of carboxylic acids is 2. The summed E-state index contributed by atoms with van der Waals surface area (Å²) in [5, 5.41) is 25.9. The summed E-state index contributed by atoms with van der Waals surface area (Å²) in [7, 11) is 0. The summed E-state index contributed by atoms with van der Waals surface area (Å²) in [5.41, 5.74) is 5.49. The summed E-state index contributed by atoms with van der Waals surface area (Å²) < 4.78 is 37.4. The molecule has 0 saturated carbocycles. The summed E-state index contributed by atoms with van der Waals surface area (Å²) >= 11 is 3.28. The molecular formula is C33H28F3N3O6S2. The van der Waals surface area contributed by atoms with E-state index in [1.54, 1.807) is 34.8 Å². The molecule has 0 aliphatic carbocycles. The van der Waals surface area contributed by atoms with Crippen LogP contribution >= 0.6 is 22.7 Å². The lowest BCUT2D eigenvalue weighted by Crippen LogP contribution is -2.38. The number of benzene rings is 2. The van der Waals surface area contributed by atoms with Gasteiger partial charge in [0.15, 0.2) is 0 Å². The Morgan fingerprint density at radius 1 is 0.957 bits per heavy atom. The molecule has 5 aromatic rings. The molecule has 1 aliphatic heterocycles. The lowest BCUT2D eigenvalue weighted by Gasteiger charge is -2.31. The van der Waals surface area contributed by atoms with E-state index in [1.165, 1.54) is 0 Å². The molecule has 0 bridgehead atoms. The summed E-state index contributed by atoms with van der Waals surface area (Å²) in [4.78, 5) is 40.9. The van der Waals surface area contributed by atoms with Crippen LogP contribution in [0, 0.1) is 6.92 Å². The maximum atomic E-state index is 12.7. The van der Waals surface area contributed by atoms with Crippen LogP contribution in [0.2, 0.25) is 0 Å². The average Bonchev–Trinajstić information content (AvgIpc) is 3.83. The van der Waals surface area contributed by atoms with E-state index in [1.807, 2.05) is 65.7 Å². The van der Waals surface area contributed by atoms with Crippen LogP contribution in [0.15, 0.2) is 75.9 Å². The van der Waals surface area contributed by atoms with Crippen LogP contribution in [0.5, 0.6) is 0 Å². The summed E-state index contributed by atoms with van der Waals surface area (Å²) in [5.74, 6) is -2.47. The Morgan fingerprint density at radius 2 is 1.64 bits per heavy atom. The molecule has 47 heavy (non-hydrogen) atoms. The fraction of sp³-hybridized carbons (Fsp3) is 0.242. The van der Waals surface area contributed by atoms with Gasteiger partial charge in [-0.05, 0) is 60.5 Å². The number of amides is 1. The number of halogens is 3. The van der Waals surface area contributed by atoms with Crippen molar-refractivity contribution in [3.05, 3.63) is 92.6 Å². The van der Waals surface area contributed by atoms with Crippen molar-refractivity contribution >= 4 is 40.5 Å². The van der Waals surface area contributed by atoms with E-state index in [2.05, 4.69) is 10.5 Å². The number of aryl methyl sites for hydroxylation is 1. The predicted molar refractivity (Wildman–Crippen MR) is 170 cm³/mol. The Kier molecular flexibility index (Phi) is 10.2. The average molecular weight is 684 g/mol. The first-order chi connectivity index (χ1) is 22.4. The fourth-order valence-electron chi connectivity index (χ4n) is 5.16. The van der Waals surface area contributed by atoms with Crippen LogP contribution in [0.1, 0.15) is 44.8 Å². The number of aromatic carboxylic acids is 1. The minimum Gasteiger partial charge on any atom is -0.478 e. The number of thiophene rings is 1. The standard InChI is InChI=1S/C31H27N3O4S2.C2HF3O2/c1-19-28(29(33-38-19)24-5-2-4-23(16-24)20-7-9-22(10-8-20)31(36)37)26-18-40-30(32-26)21-11-13-34(14-12-21)27(35)17-25-6-3-15-39-25;3-2(4,5)1(6)7/h2-10,15-16,18,21H,11-14,17H2,1H3,(H,36,37);(H,6,7). The van der Waals surface area contributed by atoms with Gasteiger partial charge in [0.1, 0.15) is 11.5 Å². The Morgan fingerprint density at radius 3 is 2.26 bits per heavy atom. The van der Waals surface area contributed by atoms with E-state index in [4.69, 9.17) is 19.4 Å². The maximum Gasteiger partial charge on any atom is 0.490 e. The van der Waals surface area contributed by atoms with Gasteiger partial charge in [-0.3, -0.25) is 4.79 Å². The molecule has 9 nitrogen and oxygen atoms in total. The first-order valence-corrected chi connectivity index (χ1v) is 16.1. The number of likely N-dealkylation sites (tertiary alicyclic amines) is 1. The monoisotopic (exact) mass is 683 g/mol. The third-order valence-corrected chi connectivity index (χ3v) is 9.47. The molecule has 0 unspecified atom stereocenters. The van der Waals surface area contributed by atoms with Crippen molar-refractivity contribution in [2.24, 2.45) is 0 Å². The summed E-state index contributed by atoms with van der Waals surface area (Å²) in [6.45, 7) is 3.40. The highest BCUT2D eigenvalue weighted by molar-refractivity contribution is 7.10. The second-order valence-corrected chi connectivity index (χ2v) is 12.6. The van der Waals surface area contributed by atoms with E-state index in [-0.39, 0.29) is 11.5 Å². The zero-order valence-electron chi connectivity index (χ0n) is 24.9. The number of nitrogens with zero attached hydrogens (tertiary/aromatic N) is 3. The van der Waals surface area contributed by atoms with Gasteiger partial charge in [-0.1, -0.05) is 41.6 Å².